The Labute approximate surface area is 138 Å². The van der Waals surface area contributed by atoms with Crippen molar-refractivity contribution >= 4 is 40.6 Å². The molecule has 0 saturated carbocycles. The lowest BCUT2D eigenvalue weighted by Gasteiger charge is -2.02. The summed E-state index contributed by atoms with van der Waals surface area (Å²) in [7, 11) is 1.93. The van der Waals surface area contributed by atoms with Crippen LogP contribution in [0.4, 0.5) is 5.82 Å². The van der Waals surface area contributed by atoms with Crippen LogP contribution >= 0.6 is 11.6 Å². The number of aromatic nitrogens is 2. The number of aliphatic imine (C=N–C) groups is 1. The number of fused-ring (bicyclic) bond motifs is 1. The van der Waals surface area contributed by atoms with Crippen molar-refractivity contribution in [3.05, 3.63) is 52.8 Å². The number of rotatable bonds is 4. The van der Waals surface area contributed by atoms with Gasteiger partial charge in [-0.1, -0.05) is 11.6 Å². The molecular formula is C16H16ClN5O. The Kier molecular flexibility index (Phi) is 4.08. The summed E-state index contributed by atoms with van der Waals surface area (Å²) >= 11 is 5.94. The van der Waals surface area contributed by atoms with Crippen LogP contribution in [-0.4, -0.2) is 21.8 Å². The van der Waals surface area contributed by atoms with Gasteiger partial charge in [0.1, 0.15) is 17.9 Å². The number of hydrazine groups is 1. The Morgan fingerprint density at radius 3 is 2.87 bits per heavy atom. The lowest BCUT2D eigenvalue weighted by molar-refractivity contribution is 0.0940. The fraction of sp³-hybridized carbons (Fsp3) is 0.125. The van der Waals surface area contributed by atoms with Gasteiger partial charge in [-0.25, -0.2) is 4.99 Å². The third-order valence-corrected chi connectivity index (χ3v) is 3.86. The molecule has 1 aromatic carbocycles. The summed E-state index contributed by atoms with van der Waals surface area (Å²) in [6, 6.07) is 11.0. The summed E-state index contributed by atoms with van der Waals surface area (Å²) in [6.07, 6.45) is 1.44. The van der Waals surface area contributed by atoms with E-state index in [4.69, 9.17) is 11.6 Å². The molecule has 0 atom stereocenters. The molecule has 3 aromatic rings. The fourth-order valence-electron chi connectivity index (χ4n) is 2.22. The lowest BCUT2D eigenvalue weighted by Crippen LogP contribution is -2.36. The van der Waals surface area contributed by atoms with Crippen LogP contribution < -0.4 is 10.9 Å². The van der Waals surface area contributed by atoms with E-state index >= 15 is 0 Å². The minimum absolute atomic E-state index is 0.285. The van der Waals surface area contributed by atoms with Gasteiger partial charge < -0.3 is 9.55 Å². The minimum atomic E-state index is -0.285. The van der Waals surface area contributed by atoms with Crippen molar-refractivity contribution in [2.24, 2.45) is 12.0 Å². The molecule has 3 N–H and O–H groups in total. The summed E-state index contributed by atoms with van der Waals surface area (Å²) in [6.45, 7) is 2.00. The molecule has 0 saturated heterocycles. The van der Waals surface area contributed by atoms with Gasteiger partial charge in [0.15, 0.2) is 0 Å². The summed E-state index contributed by atoms with van der Waals surface area (Å²) in [5, 5.41) is 1.52. The molecule has 23 heavy (non-hydrogen) atoms. The molecule has 0 unspecified atom stereocenters. The molecule has 2 heterocycles. The van der Waals surface area contributed by atoms with E-state index in [-0.39, 0.29) is 5.91 Å². The smallest absolute Gasteiger partial charge is 0.286 e. The number of aryl methyl sites for hydroxylation is 1. The lowest BCUT2D eigenvalue weighted by atomic mass is 10.2. The molecule has 2 aromatic heterocycles. The Morgan fingerprint density at radius 2 is 2.13 bits per heavy atom. The van der Waals surface area contributed by atoms with Gasteiger partial charge >= 0.3 is 0 Å². The van der Waals surface area contributed by atoms with Crippen molar-refractivity contribution in [3.8, 4) is 0 Å². The molecule has 3 rings (SSSR count). The molecule has 0 spiro atoms. The number of hydrogen-bond acceptors (Lipinski definition) is 2. The van der Waals surface area contributed by atoms with Gasteiger partial charge in [-0.2, -0.15) is 0 Å². The average molecular weight is 330 g/mol. The zero-order chi connectivity index (χ0) is 16.4. The Hall–Kier alpha value is -2.73. The zero-order valence-corrected chi connectivity index (χ0v) is 13.5. The Bertz CT molecular complexity index is 893. The van der Waals surface area contributed by atoms with Crippen LogP contribution in [-0.2, 0) is 7.05 Å². The largest absolute Gasteiger partial charge is 0.350 e. The molecule has 6 nitrogen and oxygen atoms in total. The fourth-order valence-corrected chi connectivity index (χ4v) is 2.40. The van der Waals surface area contributed by atoms with Crippen LogP contribution in [0, 0.1) is 6.92 Å². The van der Waals surface area contributed by atoms with Gasteiger partial charge in [0.25, 0.3) is 5.91 Å². The number of benzene rings is 1. The van der Waals surface area contributed by atoms with E-state index in [0.717, 1.165) is 22.4 Å². The number of carbonyl (C=O) groups excluding carboxylic acids is 1. The average Bonchev–Trinajstić information content (AvgIpc) is 3.08. The topological polar surface area (TPSA) is 74.2 Å². The third-order valence-electron chi connectivity index (χ3n) is 3.62. The summed E-state index contributed by atoms with van der Waals surface area (Å²) < 4.78 is 1.95. The van der Waals surface area contributed by atoms with E-state index in [1.807, 2.05) is 36.7 Å². The van der Waals surface area contributed by atoms with E-state index in [9.17, 15) is 4.79 Å². The highest BCUT2D eigenvalue weighted by molar-refractivity contribution is 6.31. The molecule has 0 aliphatic carbocycles. The second-order valence-electron chi connectivity index (χ2n) is 5.16. The van der Waals surface area contributed by atoms with Gasteiger partial charge in [-0.3, -0.25) is 15.6 Å². The van der Waals surface area contributed by atoms with Crippen LogP contribution in [0.1, 0.15) is 16.2 Å². The third kappa shape index (κ3) is 3.22. The van der Waals surface area contributed by atoms with Crippen molar-refractivity contribution in [3.63, 3.8) is 0 Å². The maximum absolute atomic E-state index is 12.1. The van der Waals surface area contributed by atoms with Crippen molar-refractivity contribution in [2.45, 2.75) is 6.92 Å². The highest BCUT2D eigenvalue weighted by atomic mass is 35.5. The van der Waals surface area contributed by atoms with Gasteiger partial charge in [0, 0.05) is 28.7 Å². The van der Waals surface area contributed by atoms with Crippen molar-refractivity contribution in [2.75, 3.05) is 0 Å². The Balaban J connectivity index is 1.63. The summed E-state index contributed by atoms with van der Waals surface area (Å²) in [5.41, 5.74) is 7.64. The van der Waals surface area contributed by atoms with E-state index in [0.29, 0.717) is 10.7 Å². The standard InChI is InChI=1S/C16H16ClN5O/c1-10-3-6-15(22(10)2)18-9-19-21-16(23)14-8-11-7-12(17)4-5-13(11)20-14/h3-9,20H,1-2H3,(H,18,19)(H,21,23). The molecular weight excluding hydrogens is 314 g/mol. The summed E-state index contributed by atoms with van der Waals surface area (Å²) in [4.78, 5) is 19.3. The first kappa shape index (κ1) is 15.2. The van der Waals surface area contributed by atoms with E-state index in [1.54, 1.807) is 18.2 Å². The van der Waals surface area contributed by atoms with Gasteiger partial charge in [0.2, 0.25) is 0 Å². The van der Waals surface area contributed by atoms with E-state index < -0.39 is 0 Å². The molecule has 1 amide bonds. The second kappa shape index (κ2) is 6.18. The van der Waals surface area contributed by atoms with Gasteiger partial charge in [-0.05, 0) is 43.3 Å². The highest BCUT2D eigenvalue weighted by Gasteiger charge is 2.08. The van der Waals surface area contributed by atoms with E-state index in [1.165, 1.54) is 6.34 Å². The number of aromatic amines is 1. The minimum Gasteiger partial charge on any atom is -0.350 e. The van der Waals surface area contributed by atoms with Crippen molar-refractivity contribution < 1.29 is 4.79 Å². The number of hydrogen-bond donors (Lipinski definition) is 3. The molecule has 0 aliphatic heterocycles. The molecule has 7 heteroatoms. The maximum Gasteiger partial charge on any atom is 0.286 e. The van der Waals surface area contributed by atoms with Gasteiger partial charge in [-0.15, -0.1) is 0 Å². The monoisotopic (exact) mass is 329 g/mol. The highest BCUT2D eigenvalue weighted by Crippen LogP contribution is 2.20. The van der Waals surface area contributed by atoms with Crippen LogP contribution in [0.15, 0.2) is 41.4 Å². The van der Waals surface area contributed by atoms with Gasteiger partial charge in [0.05, 0.1) is 0 Å². The first-order chi connectivity index (χ1) is 11.0. The number of halogens is 1. The van der Waals surface area contributed by atoms with Crippen molar-refractivity contribution in [1.82, 2.24) is 20.4 Å². The maximum atomic E-state index is 12.1. The number of nitrogens with one attached hydrogen (secondary N) is 3. The quantitative estimate of drug-likeness (QED) is 0.391. The Morgan fingerprint density at radius 1 is 1.30 bits per heavy atom. The van der Waals surface area contributed by atoms with Crippen LogP contribution in [0.25, 0.3) is 10.9 Å². The molecule has 118 valence electrons. The number of amides is 1. The molecule has 0 aliphatic rings. The number of nitrogens with zero attached hydrogens (tertiary/aromatic N) is 2. The molecule has 0 radical (unpaired) electrons. The second-order valence-corrected chi connectivity index (χ2v) is 5.60. The first-order valence-electron chi connectivity index (χ1n) is 7.03. The van der Waals surface area contributed by atoms with Crippen LogP contribution in [0.2, 0.25) is 5.02 Å². The molecule has 0 fully saturated rings. The van der Waals surface area contributed by atoms with E-state index in [2.05, 4.69) is 20.8 Å². The normalized spacial score (nSPS) is 11.3. The number of H-pyrrole nitrogens is 1. The zero-order valence-electron chi connectivity index (χ0n) is 12.7. The molecule has 0 bridgehead atoms. The predicted octanol–water partition coefficient (Wildman–Crippen LogP) is 3.06. The SMILES string of the molecule is Cc1ccc(N=CNNC(=O)c2cc3cc(Cl)ccc3[nH]2)n1C. The van der Waals surface area contributed by atoms with Crippen molar-refractivity contribution in [1.29, 1.82) is 0 Å². The predicted molar refractivity (Wildman–Crippen MR) is 92.2 cm³/mol. The number of carbonyl (C=O) groups is 1. The summed E-state index contributed by atoms with van der Waals surface area (Å²) in [5.74, 6) is 0.510. The first-order valence-corrected chi connectivity index (χ1v) is 7.41. The van der Waals surface area contributed by atoms with Crippen LogP contribution in [0.5, 0.6) is 0 Å². The van der Waals surface area contributed by atoms with Crippen LogP contribution in [0.3, 0.4) is 0 Å².